The normalized spacial score (nSPS) is 13.2. The number of carbonyl (C=O) groups is 3. The van der Waals surface area contributed by atoms with E-state index in [1.807, 2.05) is 0 Å². The molecule has 0 bridgehead atoms. The fourth-order valence-corrected chi connectivity index (χ4v) is 5.61. The molecular weight excluding hydrogens is 646 g/mol. The number of hydrogen-bond acceptors (Lipinski definition) is 11. The van der Waals surface area contributed by atoms with Crippen molar-refractivity contribution in [1.29, 1.82) is 0 Å². The lowest BCUT2D eigenvalue weighted by molar-refractivity contribution is -0.188. The largest absolute Gasteiger partial charge is 0.460 e. The Morgan fingerprint density at radius 1 is 0.471 bits per heavy atom. The molecule has 0 aromatic carbocycles. The number of unbranched alkanes of at least 4 members (excludes halogenated alkanes) is 11. The first-order valence-electron chi connectivity index (χ1n) is 20.1. The topological polar surface area (TPSA) is 167 Å². The molecule has 0 aromatic heterocycles. The predicted molar refractivity (Wildman–Crippen MR) is 209 cm³/mol. The highest BCUT2D eigenvalue weighted by atomic mass is 16.6. The summed E-state index contributed by atoms with van der Waals surface area (Å²) in [4.78, 5) is 40.4. The number of carbonyl (C=O) groups excluding carboxylic acids is 3. The van der Waals surface area contributed by atoms with Crippen LogP contribution >= 0.6 is 0 Å². The highest BCUT2D eigenvalue weighted by Gasteiger charge is 2.57. The van der Waals surface area contributed by atoms with Gasteiger partial charge in [0.1, 0.15) is 16.8 Å². The Morgan fingerprint density at radius 3 is 1.08 bits per heavy atom. The maximum atomic E-state index is 13.5. The maximum absolute atomic E-state index is 13.5. The maximum Gasteiger partial charge on any atom is 0.339 e. The van der Waals surface area contributed by atoms with Gasteiger partial charge in [-0.15, -0.1) is 0 Å². The summed E-state index contributed by atoms with van der Waals surface area (Å²) in [5, 5.41) is 10.6. The Morgan fingerprint density at radius 2 is 0.765 bits per heavy atom. The first-order valence-corrected chi connectivity index (χ1v) is 20.1. The van der Waals surface area contributed by atoms with Crippen molar-refractivity contribution < 1.29 is 28.6 Å². The van der Waals surface area contributed by atoms with E-state index in [2.05, 4.69) is 16.0 Å². The molecule has 0 radical (unpaired) electrons. The van der Waals surface area contributed by atoms with Gasteiger partial charge in [-0.05, 0) is 159 Å². The molecule has 0 aliphatic heterocycles. The molecule has 0 aliphatic carbocycles. The molecule has 0 heterocycles. The minimum Gasteiger partial charge on any atom is -0.460 e. The lowest BCUT2D eigenvalue weighted by atomic mass is 9.80. The molecule has 7 N–H and O–H groups in total. The molecule has 51 heavy (non-hydrogen) atoms. The molecule has 11 nitrogen and oxygen atoms in total. The Kier molecular flexibility index (Phi) is 25.9. The molecule has 0 fully saturated rings. The highest BCUT2D eigenvalue weighted by Crippen LogP contribution is 2.30. The number of esters is 3. The van der Waals surface area contributed by atoms with Crippen LogP contribution in [0.15, 0.2) is 0 Å². The predicted octanol–water partition coefficient (Wildman–Crippen LogP) is 6.29. The van der Waals surface area contributed by atoms with Gasteiger partial charge in [0.25, 0.3) is 0 Å². The molecule has 0 amide bonds. The summed E-state index contributed by atoms with van der Waals surface area (Å²) < 4.78 is 16.8. The summed E-state index contributed by atoms with van der Waals surface area (Å²) in [7, 11) is 0. The quantitative estimate of drug-likeness (QED) is 0.0244. The monoisotopic (exact) mass is 728 g/mol. The number of hydrogen-bond donors (Lipinski definition) is 5. The van der Waals surface area contributed by atoms with Crippen molar-refractivity contribution in [2.75, 3.05) is 45.8 Å². The van der Waals surface area contributed by atoms with Crippen LogP contribution in [0.25, 0.3) is 0 Å². The van der Waals surface area contributed by atoms with Crippen LogP contribution in [0.1, 0.15) is 165 Å². The highest BCUT2D eigenvalue weighted by molar-refractivity contribution is 6.08. The lowest BCUT2D eigenvalue weighted by Crippen LogP contribution is -2.65. The van der Waals surface area contributed by atoms with E-state index < -0.39 is 46.2 Å². The summed E-state index contributed by atoms with van der Waals surface area (Å²) in [6, 6.07) is 0. The molecule has 0 saturated heterocycles. The van der Waals surface area contributed by atoms with Crippen molar-refractivity contribution >= 4 is 17.9 Å². The Hall–Kier alpha value is -1.79. The number of rotatable bonds is 30. The zero-order valence-corrected chi connectivity index (χ0v) is 34.4. The van der Waals surface area contributed by atoms with Crippen molar-refractivity contribution in [2.45, 2.75) is 187 Å². The van der Waals surface area contributed by atoms with Gasteiger partial charge in [-0.3, -0.25) is 4.79 Å². The lowest BCUT2D eigenvalue weighted by Gasteiger charge is -2.37. The van der Waals surface area contributed by atoms with Gasteiger partial charge in [0.15, 0.2) is 0 Å². The number of ether oxygens (including phenoxy) is 3. The van der Waals surface area contributed by atoms with E-state index in [0.29, 0.717) is 13.0 Å². The Bertz CT molecular complexity index is 898. The zero-order chi connectivity index (χ0) is 38.8. The van der Waals surface area contributed by atoms with E-state index in [9.17, 15) is 14.4 Å². The first kappa shape index (κ1) is 49.2. The van der Waals surface area contributed by atoms with E-state index in [0.717, 1.165) is 58.5 Å². The second-order valence-corrected chi connectivity index (χ2v) is 17.1. The van der Waals surface area contributed by atoms with Gasteiger partial charge in [-0.2, -0.15) is 0 Å². The molecule has 302 valence electrons. The number of nitrogens with one attached hydrogen (secondary N) is 3. The van der Waals surface area contributed by atoms with Crippen LogP contribution in [0.5, 0.6) is 0 Å². The average Bonchev–Trinajstić information content (AvgIpc) is 2.99. The summed E-state index contributed by atoms with van der Waals surface area (Å²) in [6.07, 6.45) is 18.0. The van der Waals surface area contributed by atoms with Crippen LogP contribution in [0.3, 0.4) is 0 Å². The van der Waals surface area contributed by atoms with E-state index in [4.69, 9.17) is 25.7 Å². The fraction of sp³-hybridized carbons (Fsp3) is 0.925. The third-order valence-electron chi connectivity index (χ3n) is 8.28. The van der Waals surface area contributed by atoms with Crippen molar-refractivity contribution in [1.82, 2.24) is 16.0 Å². The van der Waals surface area contributed by atoms with E-state index in [-0.39, 0.29) is 6.42 Å². The van der Waals surface area contributed by atoms with E-state index >= 15 is 0 Å². The van der Waals surface area contributed by atoms with Crippen LogP contribution < -0.4 is 27.4 Å². The van der Waals surface area contributed by atoms with Crippen molar-refractivity contribution in [2.24, 2.45) is 17.4 Å². The van der Waals surface area contributed by atoms with Gasteiger partial charge in [0, 0.05) is 0 Å². The summed E-state index contributed by atoms with van der Waals surface area (Å²) in [5.74, 6) is -4.01. The second-order valence-electron chi connectivity index (χ2n) is 17.1. The Balaban J connectivity index is 4.37. The molecule has 1 atom stereocenters. The van der Waals surface area contributed by atoms with Crippen molar-refractivity contribution in [3.05, 3.63) is 0 Å². The van der Waals surface area contributed by atoms with Crippen LogP contribution in [0.4, 0.5) is 0 Å². The van der Waals surface area contributed by atoms with Gasteiger partial charge < -0.3 is 41.6 Å². The van der Waals surface area contributed by atoms with E-state index in [1.54, 1.807) is 62.3 Å². The van der Waals surface area contributed by atoms with Crippen LogP contribution in [-0.4, -0.2) is 86.1 Å². The van der Waals surface area contributed by atoms with Crippen LogP contribution in [-0.2, 0) is 28.6 Å². The third-order valence-corrected chi connectivity index (χ3v) is 8.28. The smallest absolute Gasteiger partial charge is 0.339 e. The van der Waals surface area contributed by atoms with Gasteiger partial charge >= 0.3 is 17.9 Å². The van der Waals surface area contributed by atoms with Gasteiger partial charge in [-0.1, -0.05) is 51.4 Å². The van der Waals surface area contributed by atoms with Crippen LogP contribution in [0.2, 0.25) is 0 Å². The minimum atomic E-state index is -2.36. The molecule has 0 spiro atoms. The van der Waals surface area contributed by atoms with Gasteiger partial charge in [0.2, 0.25) is 5.54 Å². The molecule has 1 unspecified atom stereocenters. The Labute approximate surface area is 312 Å². The van der Waals surface area contributed by atoms with Crippen molar-refractivity contribution in [3.8, 4) is 0 Å². The first-order chi connectivity index (χ1) is 23.8. The van der Waals surface area contributed by atoms with Crippen molar-refractivity contribution in [3.63, 3.8) is 0 Å². The molecule has 0 aromatic rings. The molecular formula is C40H81N5O6. The fourth-order valence-electron chi connectivity index (χ4n) is 5.61. The number of nitrogens with two attached hydrogens (primary N) is 2. The second kappa shape index (κ2) is 26.9. The standard InChI is InChI=1S/C40H81N5O6/c1-37(2,3)49-34(46)33(40(42,35(47)50-38(4,5)6)36(48)51-39(7,8)9)25-24-32-45-30-22-16-12-15-21-29-43-27-19-13-10-11-14-20-28-44-31-23-17-18-26-41/h33,43-45H,10-32,41-42H2,1-9H3. The minimum absolute atomic E-state index is 0.151. The molecule has 0 saturated carbocycles. The zero-order valence-electron chi connectivity index (χ0n) is 34.4. The third kappa shape index (κ3) is 26.6. The van der Waals surface area contributed by atoms with Gasteiger partial charge in [-0.25, -0.2) is 9.59 Å². The van der Waals surface area contributed by atoms with Gasteiger partial charge in [0.05, 0.1) is 5.92 Å². The van der Waals surface area contributed by atoms with Crippen LogP contribution in [0, 0.1) is 5.92 Å². The summed E-state index contributed by atoms with van der Waals surface area (Å²) in [5.41, 5.74) is 7.06. The average molecular weight is 728 g/mol. The summed E-state index contributed by atoms with van der Waals surface area (Å²) in [6.45, 7) is 22.0. The summed E-state index contributed by atoms with van der Waals surface area (Å²) >= 11 is 0. The SMILES string of the molecule is CC(C)(C)OC(=O)C(CCCNCCCCCCCNCCCCCCCCNCCCCCN)C(N)(C(=O)OC(C)(C)C)C(=O)OC(C)(C)C. The molecule has 0 aliphatic rings. The molecule has 11 heteroatoms. The molecule has 0 rings (SSSR count). The van der Waals surface area contributed by atoms with E-state index in [1.165, 1.54) is 70.6 Å².